The minimum absolute atomic E-state index is 0.399. The summed E-state index contributed by atoms with van der Waals surface area (Å²) in [5, 5.41) is -0.399. The van der Waals surface area contributed by atoms with Crippen LogP contribution in [0.1, 0.15) is 5.56 Å². The fourth-order valence-electron chi connectivity index (χ4n) is 1.59. The van der Waals surface area contributed by atoms with E-state index in [0.717, 1.165) is 6.07 Å². The van der Waals surface area contributed by atoms with E-state index in [1.807, 2.05) is 0 Å². The van der Waals surface area contributed by atoms with Gasteiger partial charge in [0.1, 0.15) is 5.82 Å². The molecule has 18 heavy (non-hydrogen) atoms. The van der Waals surface area contributed by atoms with E-state index in [-0.39, 0.29) is 0 Å². The fraction of sp³-hybridized carbons (Fsp3) is 0.0769. The van der Waals surface area contributed by atoms with Gasteiger partial charge in [0.25, 0.3) is 0 Å². The van der Waals surface area contributed by atoms with E-state index in [1.165, 1.54) is 30.3 Å². The first-order valence-corrected chi connectivity index (χ1v) is 5.38. The number of hydrogen-bond donors (Lipinski definition) is 0. The summed E-state index contributed by atoms with van der Waals surface area (Å²) < 4.78 is 50.5. The monoisotopic (exact) mass is 274 g/mol. The molecule has 0 saturated carbocycles. The van der Waals surface area contributed by atoms with Gasteiger partial charge in [0.15, 0.2) is 0 Å². The molecule has 2 aromatic rings. The van der Waals surface area contributed by atoms with Crippen LogP contribution < -0.4 is 0 Å². The van der Waals surface area contributed by atoms with E-state index in [4.69, 9.17) is 11.6 Å². The van der Waals surface area contributed by atoms with Crippen molar-refractivity contribution in [3.8, 4) is 11.1 Å². The second-order valence-corrected chi connectivity index (χ2v) is 4.11. The number of hydrogen-bond acceptors (Lipinski definition) is 0. The van der Waals surface area contributed by atoms with E-state index in [1.54, 1.807) is 6.07 Å². The molecule has 0 radical (unpaired) electrons. The summed E-state index contributed by atoms with van der Waals surface area (Å²) in [4.78, 5) is 0. The Labute approximate surface area is 106 Å². The molecule has 5 heteroatoms. The summed E-state index contributed by atoms with van der Waals surface area (Å²) in [5.41, 5.74) is 0.0162. The first-order valence-electron chi connectivity index (χ1n) is 5.00. The lowest BCUT2D eigenvalue weighted by Gasteiger charge is -2.10. The lowest BCUT2D eigenvalue weighted by atomic mass is 10.0. The molecule has 0 amide bonds. The van der Waals surface area contributed by atoms with Crippen LogP contribution in [0.5, 0.6) is 0 Å². The SMILES string of the molecule is Fc1cccc(-c2ccc(C(F)(F)F)c(Cl)c2)c1. The Balaban J connectivity index is 2.47. The van der Waals surface area contributed by atoms with Crippen LogP contribution in [-0.2, 0) is 6.18 Å². The Bertz CT molecular complexity index is 575. The van der Waals surface area contributed by atoms with Gasteiger partial charge in [-0.15, -0.1) is 0 Å². The van der Waals surface area contributed by atoms with Crippen LogP contribution >= 0.6 is 11.6 Å². The Morgan fingerprint density at radius 3 is 2.11 bits per heavy atom. The zero-order valence-corrected chi connectivity index (χ0v) is 9.69. The highest BCUT2D eigenvalue weighted by atomic mass is 35.5. The second-order valence-electron chi connectivity index (χ2n) is 3.70. The maximum absolute atomic E-state index is 13.0. The van der Waals surface area contributed by atoms with Crippen molar-refractivity contribution in [1.82, 2.24) is 0 Å². The smallest absolute Gasteiger partial charge is 0.207 e. The summed E-state index contributed by atoms with van der Waals surface area (Å²) in [6.45, 7) is 0. The van der Waals surface area contributed by atoms with Crippen LogP contribution in [0.2, 0.25) is 5.02 Å². The molecule has 0 nitrogen and oxygen atoms in total. The summed E-state index contributed by atoms with van der Waals surface area (Å²) in [5.74, 6) is -0.455. The molecular weight excluding hydrogens is 268 g/mol. The molecule has 0 bridgehead atoms. The highest BCUT2D eigenvalue weighted by molar-refractivity contribution is 6.31. The molecule has 0 spiro atoms. The Hall–Kier alpha value is -1.55. The Morgan fingerprint density at radius 1 is 0.889 bits per heavy atom. The van der Waals surface area contributed by atoms with Gasteiger partial charge in [-0.3, -0.25) is 0 Å². The predicted octanol–water partition coefficient (Wildman–Crippen LogP) is 5.16. The summed E-state index contributed by atoms with van der Waals surface area (Å²) in [6, 6.07) is 8.91. The van der Waals surface area contributed by atoms with Crippen LogP contribution in [0.3, 0.4) is 0 Å². The standard InChI is InChI=1S/C13H7ClF4/c14-12-7-9(4-5-11(12)13(16,17)18)8-2-1-3-10(15)6-8/h1-7H. The van der Waals surface area contributed by atoms with Crippen LogP contribution in [-0.4, -0.2) is 0 Å². The zero-order chi connectivity index (χ0) is 13.3. The second kappa shape index (κ2) is 4.61. The summed E-state index contributed by atoms with van der Waals surface area (Å²) in [6.07, 6.45) is -4.49. The van der Waals surface area contributed by atoms with Crippen LogP contribution in [0, 0.1) is 5.82 Å². The average Bonchev–Trinajstić information content (AvgIpc) is 2.27. The molecule has 0 aliphatic rings. The first kappa shape index (κ1) is 12.9. The van der Waals surface area contributed by atoms with Crippen LogP contribution in [0.15, 0.2) is 42.5 Å². The lowest BCUT2D eigenvalue weighted by molar-refractivity contribution is -0.137. The third kappa shape index (κ3) is 2.64. The van der Waals surface area contributed by atoms with E-state index < -0.39 is 22.6 Å². The third-order valence-electron chi connectivity index (χ3n) is 2.43. The van der Waals surface area contributed by atoms with Crippen molar-refractivity contribution < 1.29 is 17.6 Å². The quantitative estimate of drug-likeness (QED) is 0.630. The topological polar surface area (TPSA) is 0 Å². The molecule has 0 fully saturated rings. The summed E-state index contributed by atoms with van der Waals surface area (Å²) in [7, 11) is 0. The van der Waals surface area contributed by atoms with Gasteiger partial charge in [0.05, 0.1) is 10.6 Å². The number of alkyl halides is 3. The van der Waals surface area contributed by atoms with Crippen molar-refractivity contribution in [3.05, 3.63) is 58.9 Å². The van der Waals surface area contributed by atoms with Gasteiger partial charge < -0.3 is 0 Å². The maximum Gasteiger partial charge on any atom is 0.417 e. The molecule has 2 rings (SSSR count). The van der Waals surface area contributed by atoms with Crippen LogP contribution in [0.25, 0.3) is 11.1 Å². The Morgan fingerprint density at radius 2 is 1.56 bits per heavy atom. The number of benzene rings is 2. The van der Waals surface area contributed by atoms with E-state index in [0.29, 0.717) is 11.1 Å². The fourth-order valence-corrected chi connectivity index (χ4v) is 1.88. The minimum atomic E-state index is -4.49. The normalized spacial score (nSPS) is 11.6. The highest BCUT2D eigenvalue weighted by Crippen LogP contribution is 2.36. The molecule has 94 valence electrons. The van der Waals surface area contributed by atoms with Crippen LogP contribution in [0.4, 0.5) is 17.6 Å². The molecule has 0 aliphatic heterocycles. The van der Waals surface area contributed by atoms with Gasteiger partial charge in [-0.1, -0.05) is 29.8 Å². The molecule has 0 heterocycles. The van der Waals surface area contributed by atoms with Gasteiger partial charge in [0, 0.05) is 0 Å². The molecule has 0 unspecified atom stereocenters. The molecular formula is C13H7ClF4. The first-order chi connectivity index (χ1) is 8.38. The van der Waals surface area contributed by atoms with Crippen molar-refractivity contribution in [1.29, 1.82) is 0 Å². The number of rotatable bonds is 1. The minimum Gasteiger partial charge on any atom is -0.207 e. The molecule has 0 aromatic heterocycles. The van der Waals surface area contributed by atoms with Crippen molar-refractivity contribution in [2.75, 3.05) is 0 Å². The third-order valence-corrected chi connectivity index (χ3v) is 2.75. The van der Waals surface area contributed by atoms with Crippen molar-refractivity contribution >= 4 is 11.6 Å². The zero-order valence-electron chi connectivity index (χ0n) is 8.93. The molecule has 2 aromatic carbocycles. The van der Waals surface area contributed by atoms with Gasteiger partial charge in [0.2, 0.25) is 0 Å². The van der Waals surface area contributed by atoms with Crippen molar-refractivity contribution in [3.63, 3.8) is 0 Å². The predicted molar refractivity (Wildman–Crippen MR) is 61.8 cm³/mol. The molecule has 0 saturated heterocycles. The maximum atomic E-state index is 13.0. The average molecular weight is 275 g/mol. The van der Waals surface area contributed by atoms with E-state index in [2.05, 4.69) is 0 Å². The number of halogens is 5. The Kier molecular flexibility index (Phi) is 3.30. The molecule has 0 N–H and O–H groups in total. The largest absolute Gasteiger partial charge is 0.417 e. The van der Waals surface area contributed by atoms with E-state index >= 15 is 0 Å². The van der Waals surface area contributed by atoms with E-state index in [9.17, 15) is 17.6 Å². The van der Waals surface area contributed by atoms with Gasteiger partial charge in [-0.2, -0.15) is 13.2 Å². The lowest BCUT2D eigenvalue weighted by Crippen LogP contribution is -2.05. The summed E-state index contributed by atoms with van der Waals surface area (Å²) >= 11 is 5.59. The highest BCUT2D eigenvalue weighted by Gasteiger charge is 2.33. The van der Waals surface area contributed by atoms with Crippen molar-refractivity contribution in [2.24, 2.45) is 0 Å². The molecule has 0 aliphatic carbocycles. The molecule has 0 atom stereocenters. The van der Waals surface area contributed by atoms with Gasteiger partial charge >= 0.3 is 6.18 Å². The van der Waals surface area contributed by atoms with Crippen molar-refractivity contribution in [2.45, 2.75) is 6.18 Å². The van der Waals surface area contributed by atoms with Gasteiger partial charge in [-0.25, -0.2) is 4.39 Å². The van der Waals surface area contributed by atoms with Gasteiger partial charge in [-0.05, 0) is 35.4 Å².